The molecule has 1 N–H and O–H groups in total. The highest BCUT2D eigenvalue weighted by Crippen LogP contribution is 2.35. The second-order valence-electron chi connectivity index (χ2n) is 6.04. The van der Waals surface area contributed by atoms with Crippen LogP contribution in [0, 0.1) is 5.92 Å². The van der Waals surface area contributed by atoms with Crippen molar-refractivity contribution in [1.82, 2.24) is 10.2 Å². The van der Waals surface area contributed by atoms with Crippen LogP contribution in [0.4, 0.5) is 0 Å². The van der Waals surface area contributed by atoms with E-state index in [9.17, 15) is 9.59 Å². The van der Waals surface area contributed by atoms with Crippen molar-refractivity contribution in [2.75, 3.05) is 12.3 Å². The summed E-state index contributed by atoms with van der Waals surface area (Å²) in [6.45, 7) is 0.843. The first-order valence-electron chi connectivity index (χ1n) is 7.55. The highest BCUT2D eigenvalue weighted by molar-refractivity contribution is 7.99. The molecule has 0 aromatic rings. The van der Waals surface area contributed by atoms with E-state index in [0.717, 1.165) is 38.0 Å². The maximum Gasteiger partial charge on any atom is 0.246 e. The van der Waals surface area contributed by atoms with E-state index < -0.39 is 0 Å². The van der Waals surface area contributed by atoms with E-state index in [1.807, 2.05) is 16.7 Å². The number of amides is 2. The highest BCUT2D eigenvalue weighted by Gasteiger charge is 2.37. The van der Waals surface area contributed by atoms with Crippen LogP contribution in [0.1, 0.15) is 38.5 Å². The lowest BCUT2D eigenvalue weighted by Gasteiger charge is -2.25. The summed E-state index contributed by atoms with van der Waals surface area (Å²) in [5.41, 5.74) is 0. The van der Waals surface area contributed by atoms with Crippen LogP contribution in [0.3, 0.4) is 0 Å². The predicted molar refractivity (Wildman–Crippen MR) is 83.9 cm³/mol. The van der Waals surface area contributed by atoms with Gasteiger partial charge in [0.2, 0.25) is 11.8 Å². The number of hydrogen-bond donors (Lipinski definition) is 2. The maximum absolute atomic E-state index is 12.5. The maximum atomic E-state index is 12.5. The Balaban J connectivity index is 1.57. The summed E-state index contributed by atoms with van der Waals surface area (Å²) in [7, 11) is 0. The first-order valence-corrected chi connectivity index (χ1v) is 9.12. The van der Waals surface area contributed by atoms with Crippen LogP contribution in [0.2, 0.25) is 0 Å². The SMILES string of the molecule is O=C(N[C@H]1CCS[C@H]2CCCN2C1=O)C(S)CC1CC1. The number of carbonyl (C=O) groups excluding carboxylic acids is 2. The summed E-state index contributed by atoms with van der Waals surface area (Å²) in [4.78, 5) is 26.6. The molecule has 20 heavy (non-hydrogen) atoms. The van der Waals surface area contributed by atoms with Gasteiger partial charge in [0.05, 0.1) is 10.6 Å². The highest BCUT2D eigenvalue weighted by atomic mass is 32.2. The van der Waals surface area contributed by atoms with Crippen molar-refractivity contribution < 1.29 is 9.59 Å². The molecule has 0 aromatic heterocycles. The van der Waals surface area contributed by atoms with E-state index >= 15 is 0 Å². The second kappa shape index (κ2) is 6.18. The number of nitrogens with one attached hydrogen (secondary N) is 1. The Kier molecular flexibility index (Phi) is 4.50. The lowest BCUT2D eigenvalue weighted by Crippen LogP contribution is -2.50. The lowest BCUT2D eigenvalue weighted by molar-refractivity contribution is -0.135. The fraction of sp³-hybridized carbons (Fsp3) is 0.857. The van der Waals surface area contributed by atoms with Crippen LogP contribution < -0.4 is 5.32 Å². The minimum Gasteiger partial charge on any atom is -0.343 e. The standard InChI is InChI=1S/C14H22N2O2S2/c17-13(11(19)8-9-3-4-9)15-10-5-7-20-12-2-1-6-16(12)14(10)18/h9-12,19H,1-8H2,(H,15,17)/t10-,11?,12-/m0/s1. The van der Waals surface area contributed by atoms with E-state index in [1.165, 1.54) is 12.8 Å². The number of carbonyl (C=O) groups is 2. The van der Waals surface area contributed by atoms with E-state index in [0.29, 0.717) is 11.3 Å². The van der Waals surface area contributed by atoms with Gasteiger partial charge in [-0.05, 0) is 37.4 Å². The van der Waals surface area contributed by atoms with Gasteiger partial charge in [0, 0.05) is 6.54 Å². The number of rotatable bonds is 4. The van der Waals surface area contributed by atoms with Crippen molar-refractivity contribution in [2.45, 2.75) is 55.2 Å². The largest absolute Gasteiger partial charge is 0.343 e. The molecule has 112 valence electrons. The van der Waals surface area contributed by atoms with Gasteiger partial charge in [-0.3, -0.25) is 9.59 Å². The number of hydrogen-bond acceptors (Lipinski definition) is 4. The summed E-state index contributed by atoms with van der Waals surface area (Å²) in [5, 5.41) is 3.01. The third-order valence-electron chi connectivity index (χ3n) is 4.37. The van der Waals surface area contributed by atoms with Crippen LogP contribution in [0.15, 0.2) is 0 Å². The van der Waals surface area contributed by atoms with Crippen LogP contribution in [-0.4, -0.2) is 45.7 Å². The topological polar surface area (TPSA) is 49.4 Å². The molecule has 4 nitrogen and oxygen atoms in total. The Morgan fingerprint density at radius 1 is 1.40 bits per heavy atom. The summed E-state index contributed by atoms with van der Waals surface area (Å²) in [5.74, 6) is 1.66. The summed E-state index contributed by atoms with van der Waals surface area (Å²) in [6, 6.07) is -0.341. The molecule has 2 heterocycles. The van der Waals surface area contributed by atoms with Crippen molar-refractivity contribution in [3.63, 3.8) is 0 Å². The van der Waals surface area contributed by atoms with Gasteiger partial charge in [0.1, 0.15) is 6.04 Å². The predicted octanol–water partition coefficient (Wildman–Crippen LogP) is 1.66. The normalized spacial score (nSPS) is 31.6. The Bertz CT molecular complexity index is 401. The molecule has 0 radical (unpaired) electrons. The van der Waals surface area contributed by atoms with E-state index in [4.69, 9.17) is 0 Å². The van der Waals surface area contributed by atoms with Crippen LogP contribution >= 0.6 is 24.4 Å². The third kappa shape index (κ3) is 3.27. The minimum atomic E-state index is -0.341. The molecule has 1 aliphatic carbocycles. The van der Waals surface area contributed by atoms with Crippen molar-refractivity contribution in [3.8, 4) is 0 Å². The van der Waals surface area contributed by atoms with Gasteiger partial charge in [-0.2, -0.15) is 12.6 Å². The smallest absolute Gasteiger partial charge is 0.246 e. The zero-order valence-corrected chi connectivity index (χ0v) is 13.3. The molecule has 3 aliphatic rings. The molecule has 0 bridgehead atoms. The van der Waals surface area contributed by atoms with Crippen molar-refractivity contribution in [1.29, 1.82) is 0 Å². The average Bonchev–Trinajstić information content (AvgIpc) is 3.14. The molecule has 1 unspecified atom stereocenters. The number of thioether (sulfide) groups is 1. The van der Waals surface area contributed by atoms with Gasteiger partial charge in [-0.15, -0.1) is 11.8 Å². The van der Waals surface area contributed by atoms with Crippen LogP contribution in [0.5, 0.6) is 0 Å². The minimum absolute atomic E-state index is 0.0683. The zero-order valence-electron chi connectivity index (χ0n) is 11.6. The first kappa shape index (κ1) is 14.6. The molecule has 1 saturated carbocycles. The molecule has 0 aromatic carbocycles. The lowest BCUT2D eigenvalue weighted by atomic mass is 10.1. The van der Waals surface area contributed by atoms with Gasteiger partial charge < -0.3 is 10.2 Å². The van der Waals surface area contributed by atoms with Crippen molar-refractivity contribution >= 4 is 36.2 Å². The third-order valence-corrected chi connectivity index (χ3v) is 6.16. The molecule has 2 saturated heterocycles. The molecule has 0 spiro atoms. The van der Waals surface area contributed by atoms with Crippen molar-refractivity contribution in [3.05, 3.63) is 0 Å². The summed E-state index contributed by atoms with van der Waals surface area (Å²) in [6.07, 6.45) is 6.20. The van der Waals surface area contributed by atoms with Gasteiger partial charge in [0.25, 0.3) is 0 Å². The van der Waals surface area contributed by atoms with Crippen molar-refractivity contribution in [2.24, 2.45) is 5.92 Å². The van der Waals surface area contributed by atoms with Crippen LogP contribution in [-0.2, 0) is 9.59 Å². The molecule has 3 atom stereocenters. The average molecular weight is 314 g/mol. The molecular weight excluding hydrogens is 292 g/mol. The number of fused-ring (bicyclic) bond motifs is 1. The summed E-state index contributed by atoms with van der Waals surface area (Å²) < 4.78 is 0. The zero-order chi connectivity index (χ0) is 14.1. The monoisotopic (exact) mass is 314 g/mol. The Morgan fingerprint density at radius 2 is 2.20 bits per heavy atom. The second-order valence-corrected chi connectivity index (χ2v) is 7.95. The Labute approximate surface area is 129 Å². The molecule has 3 fully saturated rings. The van der Waals surface area contributed by atoms with Gasteiger partial charge in [-0.25, -0.2) is 0 Å². The van der Waals surface area contributed by atoms with Gasteiger partial charge in [-0.1, -0.05) is 12.8 Å². The Hall–Kier alpha value is -0.360. The Morgan fingerprint density at radius 3 is 2.95 bits per heavy atom. The quantitative estimate of drug-likeness (QED) is 0.776. The first-order chi connectivity index (χ1) is 9.65. The van der Waals surface area contributed by atoms with Gasteiger partial charge >= 0.3 is 0 Å². The molecule has 2 aliphatic heterocycles. The van der Waals surface area contributed by atoms with Gasteiger partial charge in [0.15, 0.2) is 0 Å². The van der Waals surface area contributed by atoms with E-state index in [2.05, 4.69) is 17.9 Å². The van der Waals surface area contributed by atoms with E-state index in [-0.39, 0.29) is 23.1 Å². The number of thiol groups is 1. The number of nitrogens with zero attached hydrogens (tertiary/aromatic N) is 1. The molecule has 2 amide bonds. The van der Waals surface area contributed by atoms with Crippen LogP contribution in [0.25, 0.3) is 0 Å². The molecular formula is C14H22N2O2S2. The molecule has 3 rings (SSSR count). The molecule has 6 heteroatoms. The van der Waals surface area contributed by atoms with E-state index in [1.54, 1.807) is 0 Å². The fourth-order valence-corrected chi connectivity index (χ4v) is 4.72. The summed E-state index contributed by atoms with van der Waals surface area (Å²) >= 11 is 6.25. The fourth-order valence-electron chi connectivity index (χ4n) is 2.99.